The van der Waals surface area contributed by atoms with E-state index in [2.05, 4.69) is 24.4 Å². The molecule has 0 radical (unpaired) electrons. The summed E-state index contributed by atoms with van der Waals surface area (Å²) in [7, 11) is 0. The maximum Gasteiger partial charge on any atom is 0.230 e. The van der Waals surface area contributed by atoms with Crippen LogP contribution < -0.4 is 5.32 Å². The number of nitrogens with one attached hydrogen (secondary N) is 1. The molecule has 1 unspecified atom stereocenters. The van der Waals surface area contributed by atoms with Gasteiger partial charge in [0.05, 0.1) is 5.41 Å². The van der Waals surface area contributed by atoms with Crippen LogP contribution in [-0.2, 0) is 16.6 Å². The quantitative estimate of drug-likeness (QED) is 0.884. The van der Waals surface area contributed by atoms with Gasteiger partial charge in [0.2, 0.25) is 5.91 Å². The highest BCUT2D eigenvalue weighted by molar-refractivity contribution is 6.30. The van der Waals surface area contributed by atoms with Gasteiger partial charge in [-0.15, -0.1) is 0 Å². The molecule has 1 atom stereocenters. The highest BCUT2D eigenvalue weighted by Gasteiger charge is 2.51. The molecule has 3 rings (SSSR count). The summed E-state index contributed by atoms with van der Waals surface area (Å²) in [5, 5.41) is 3.88. The monoisotopic (exact) mass is 313 g/mol. The molecule has 3 heteroatoms. The second-order valence-electron chi connectivity index (χ2n) is 6.15. The van der Waals surface area contributed by atoms with E-state index < -0.39 is 0 Å². The van der Waals surface area contributed by atoms with Crippen LogP contribution in [0.2, 0.25) is 5.02 Å². The average Bonchev–Trinajstić information content (AvgIpc) is 3.30. The predicted molar refractivity (Wildman–Crippen MR) is 90.1 cm³/mol. The standard InChI is InChI=1S/C19H20ClNO/c1-14(13-15-5-3-2-4-6-15)21-18(22)19(11-12-19)16-7-9-17(20)10-8-16/h2-10,14H,11-13H2,1H3,(H,21,22). The van der Waals surface area contributed by atoms with Gasteiger partial charge in [0, 0.05) is 11.1 Å². The number of rotatable bonds is 5. The fraction of sp³-hybridized carbons (Fsp3) is 0.316. The van der Waals surface area contributed by atoms with Gasteiger partial charge in [-0.2, -0.15) is 0 Å². The van der Waals surface area contributed by atoms with Gasteiger partial charge in [0.15, 0.2) is 0 Å². The number of hydrogen-bond acceptors (Lipinski definition) is 1. The van der Waals surface area contributed by atoms with E-state index in [1.165, 1.54) is 5.56 Å². The van der Waals surface area contributed by atoms with E-state index in [0.29, 0.717) is 5.02 Å². The molecule has 1 fully saturated rings. The zero-order valence-corrected chi connectivity index (χ0v) is 13.4. The molecule has 22 heavy (non-hydrogen) atoms. The zero-order valence-electron chi connectivity index (χ0n) is 12.7. The van der Waals surface area contributed by atoms with Crippen molar-refractivity contribution < 1.29 is 4.79 Å². The minimum Gasteiger partial charge on any atom is -0.353 e. The van der Waals surface area contributed by atoms with Crippen molar-refractivity contribution in [2.45, 2.75) is 37.6 Å². The van der Waals surface area contributed by atoms with Crippen LogP contribution in [0.5, 0.6) is 0 Å². The van der Waals surface area contributed by atoms with Gasteiger partial charge in [0.1, 0.15) is 0 Å². The molecular weight excluding hydrogens is 294 g/mol. The normalized spacial score (nSPS) is 16.8. The first kappa shape index (κ1) is 15.1. The van der Waals surface area contributed by atoms with Crippen molar-refractivity contribution >= 4 is 17.5 Å². The molecule has 0 bridgehead atoms. The average molecular weight is 314 g/mol. The van der Waals surface area contributed by atoms with Crippen molar-refractivity contribution in [1.82, 2.24) is 5.32 Å². The second-order valence-corrected chi connectivity index (χ2v) is 6.59. The van der Waals surface area contributed by atoms with E-state index in [-0.39, 0.29) is 17.4 Å². The summed E-state index contributed by atoms with van der Waals surface area (Å²) in [6.07, 6.45) is 2.68. The van der Waals surface area contributed by atoms with E-state index in [4.69, 9.17) is 11.6 Å². The van der Waals surface area contributed by atoms with Crippen LogP contribution in [0, 0.1) is 0 Å². The van der Waals surface area contributed by atoms with Gasteiger partial charge in [-0.25, -0.2) is 0 Å². The van der Waals surface area contributed by atoms with E-state index in [9.17, 15) is 4.79 Å². The van der Waals surface area contributed by atoms with Gasteiger partial charge >= 0.3 is 0 Å². The molecule has 1 aliphatic rings. The Morgan fingerprint density at radius 2 is 1.77 bits per heavy atom. The van der Waals surface area contributed by atoms with Crippen LogP contribution in [0.15, 0.2) is 54.6 Å². The van der Waals surface area contributed by atoms with Gasteiger partial charge in [-0.05, 0) is 49.4 Å². The van der Waals surface area contributed by atoms with Crippen molar-refractivity contribution in [3.63, 3.8) is 0 Å². The molecule has 1 N–H and O–H groups in total. The smallest absolute Gasteiger partial charge is 0.230 e. The van der Waals surface area contributed by atoms with Crippen LogP contribution in [0.25, 0.3) is 0 Å². The zero-order chi connectivity index (χ0) is 15.6. The molecule has 0 aromatic heterocycles. The largest absolute Gasteiger partial charge is 0.353 e. The molecule has 1 amide bonds. The highest BCUT2D eigenvalue weighted by Crippen LogP contribution is 2.48. The van der Waals surface area contributed by atoms with Crippen LogP contribution in [0.1, 0.15) is 30.9 Å². The molecular formula is C19H20ClNO. The summed E-state index contributed by atoms with van der Waals surface area (Å²) in [6.45, 7) is 2.06. The van der Waals surface area contributed by atoms with E-state index in [1.54, 1.807) is 0 Å². The summed E-state index contributed by atoms with van der Waals surface area (Å²) in [6, 6.07) is 18.0. The number of benzene rings is 2. The minimum atomic E-state index is -0.338. The van der Waals surface area contributed by atoms with Crippen LogP contribution in [-0.4, -0.2) is 11.9 Å². The first-order valence-electron chi connectivity index (χ1n) is 7.71. The third-order valence-electron chi connectivity index (χ3n) is 4.34. The van der Waals surface area contributed by atoms with Crippen molar-refractivity contribution in [2.24, 2.45) is 0 Å². The van der Waals surface area contributed by atoms with Crippen LogP contribution in [0.4, 0.5) is 0 Å². The summed E-state index contributed by atoms with van der Waals surface area (Å²) in [5.74, 6) is 0.137. The molecule has 0 saturated heterocycles. The first-order chi connectivity index (χ1) is 10.6. The number of halogens is 1. The molecule has 0 aliphatic heterocycles. The van der Waals surface area contributed by atoms with E-state index in [1.807, 2.05) is 42.5 Å². The first-order valence-corrected chi connectivity index (χ1v) is 8.09. The topological polar surface area (TPSA) is 29.1 Å². The lowest BCUT2D eigenvalue weighted by atomic mass is 9.94. The van der Waals surface area contributed by atoms with Gasteiger partial charge in [-0.1, -0.05) is 54.1 Å². The highest BCUT2D eigenvalue weighted by atomic mass is 35.5. The van der Waals surface area contributed by atoms with Crippen LogP contribution in [0.3, 0.4) is 0 Å². The molecule has 114 valence electrons. The maximum absolute atomic E-state index is 12.7. The fourth-order valence-corrected chi connectivity index (χ4v) is 3.05. The lowest BCUT2D eigenvalue weighted by molar-refractivity contribution is -0.124. The SMILES string of the molecule is CC(Cc1ccccc1)NC(=O)C1(c2ccc(Cl)cc2)CC1. The predicted octanol–water partition coefficient (Wildman–Crippen LogP) is 4.12. The number of carbonyl (C=O) groups excluding carboxylic acids is 1. The van der Waals surface area contributed by atoms with Crippen molar-refractivity contribution in [2.75, 3.05) is 0 Å². The molecule has 1 saturated carbocycles. The van der Waals surface area contributed by atoms with Gasteiger partial charge in [-0.3, -0.25) is 4.79 Å². The lowest BCUT2D eigenvalue weighted by Gasteiger charge is -2.20. The molecule has 0 heterocycles. The summed E-state index contributed by atoms with van der Waals surface area (Å²) >= 11 is 5.94. The number of amides is 1. The lowest BCUT2D eigenvalue weighted by Crippen LogP contribution is -2.41. The number of carbonyl (C=O) groups is 1. The number of hydrogen-bond donors (Lipinski definition) is 1. The minimum absolute atomic E-state index is 0.125. The van der Waals surface area contributed by atoms with Crippen molar-refractivity contribution in [3.8, 4) is 0 Å². The van der Waals surface area contributed by atoms with Crippen molar-refractivity contribution in [1.29, 1.82) is 0 Å². The fourth-order valence-electron chi connectivity index (χ4n) is 2.92. The van der Waals surface area contributed by atoms with E-state index in [0.717, 1.165) is 24.8 Å². The van der Waals surface area contributed by atoms with Crippen LogP contribution >= 0.6 is 11.6 Å². The molecule has 1 aliphatic carbocycles. The Morgan fingerprint density at radius 3 is 2.36 bits per heavy atom. The summed E-state index contributed by atoms with van der Waals surface area (Å²) in [5.41, 5.74) is 1.98. The molecule has 2 aromatic carbocycles. The summed E-state index contributed by atoms with van der Waals surface area (Å²) in [4.78, 5) is 12.7. The Hall–Kier alpha value is -1.80. The Bertz CT molecular complexity index is 647. The van der Waals surface area contributed by atoms with Crippen molar-refractivity contribution in [3.05, 3.63) is 70.7 Å². The third kappa shape index (κ3) is 3.17. The Morgan fingerprint density at radius 1 is 1.14 bits per heavy atom. The Labute approximate surface area is 136 Å². The Kier molecular flexibility index (Phi) is 4.21. The van der Waals surface area contributed by atoms with Gasteiger partial charge < -0.3 is 5.32 Å². The Balaban J connectivity index is 1.65. The second kappa shape index (κ2) is 6.13. The maximum atomic E-state index is 12.7. The molecule has 0 spiro atoms. The molecule has 2 aromatic rings. The molecule has 2 nitrogen and oxygen atoms in total. The summed E-state index contributed by atoms with van der Waals surface area (Å²) < 4.78 is 0. The van der Waals surface area contributed by atoms with Gasteiger partial charge in [0.25, 0.3) is 0 Å². The third-order valence-corrected chi connectivity index (χ3v) is 4.60. The van der Waals surface area contributed by atoms with E-state index >= 15 is 0 Å².